The number of carbonyl (C=O) groups excluding carboxylic acids is 1. The summed E-state index contributed by atoms with van der Waals surface area (Å²) >= 11 is 6.03. The Kier molecular flexibility index (Phi) is 4.22. The topological polar surface area (TPSA) is 84.0 Å². The Hall–Kier alpha value is -2.86. The summed E-state index contributed by atoms with van der Waals surface area (Å²) in [6.45, 7) is 1.59. The Morgan fingerprint density at radius 2 is 1.96 bits per heavy atom. The van der Waals surface area contributed by atoms with Crippen molar-refractivity contribution >= 4 is 34.2 Å². The van der Waals surface area contributed by atoms with Crippen LogP contribution in [0.1, 0.15) is 5.56 Å². The highest BCUT2D eigenvalue weighted by Gasteiger charge is 2.11. The smallest absolute Gasteiger partial charge is 0.317 e. The third kappa shape index (κ3) is 3.09. The van der Waals surface area contributed by atoms with Crippen LogP contribution < -0.4 is 16.4 Å². The molecule has 0 saturated carbocycles. The molecular formula is C17H14ClN3O3. The molecule has 0 aliphatic heterocycles. The summed E-state index contributed by atoms with van der Waals surface area (Å²) in [5.41, 5.74) is 0.863. The number of para-hydroxylation sites is 2. The fraction of sp³-hybridized carbons (Fsp3) is 0.118. The molecule has 1 heterocycles. The highest BCUT2D eigenvalue weighted by atomic mass is 35.5. The summed E-state index contributed by atoms with van der Waals surface area (Å²) in [7, 11) is 0. The molecule has 3 aromatic rings. The Morgan fingerprint density at radius 1 is 1.21 bits per heavy atom. The monoisotopic (exact) mass is 343 g/mol. The number of aromatic amines is 1. The van der Waals surface area contributed by atoms with Gasteiger partial charge in [-0.2, -0.15) is 0 Å². The molecule has 7 heteroatoms. The number of rotatable bonds is 3. The molecule has 0 radical (unpaired) electrons. The van der Waals surface area contributed by atoms with Crippen LogP contribution in [0.2, 0.25) is 5.02 Å². The molecule has 0 saturated heterocycles. The van der Waals surface area contributed by atoms with Gasteiger partial charge in [-0.3, -0.25) is 19.0 Å². The van der Waals surface area contributed by atoms with Crippen LogP contribution in [0.4, 0.5) is 5.69 Å². The fourth-order valence-corrected chi connectivity index (χ4v) is 2.57. The number of carbonyl (C=O) groups is 1. The Bertz CT molecular complexity index is 1050. The summed E-state index contributed by atoms with van der Waals surface area (Å²) in [5, 5.41) is 3.21. The van der Waals surface area contributed by atoms with E-state index in [1.807, 2.05) is 6.92 Å². The van der Waals surface area contributed by atoms with Crippen LogP contribution >= 0.6 is 11.6 Å². The lowest BCUT2D eigenvalue weighted by Crippen LogP contribution is -2.38. The van der Waals surface area contributed by atoms with Gasteiger partial charge in [0.05, 0.1) is 11.0 Å². The molecule has 1 amide bonds. The second-order valence-electron chi connectivity index (χ2n) is 5.37. The first kappa shape index (κ1) is 16.0. The van der Waals surface area contributed by atoms with Crippen molar-refractivity contribution in [2.75, 3.05) is 5.32 Å². The lowest BCUT2D eigenvalue weighted by Gasteiger charge is -2.10. The number of halogens is 1. The standard InChI is InChI=1S/C17H14ClN3O3/c1-10-6-7-11(8-12(10)18)19-15(22)9-21-14-5-3-2-4-13(14)20-16(23)17(21)24/h2-8H,9H2,1H3,(H,19,22)(H,20,23). The summed E-state index contributed by atoms with van der Waals surface area (Å²) in [6.07, 6.45) is 0. The molecule has 24 heavy (non-hydrogen) atoms. The van der Waals surface area contributed by atoms with Crippen molar-refractivity contribution in [1.82, 2.24) is 9.55 Å². The Labute approximate surface area is 141 Å². The third-order valence-corrected chi connectivity index (χ3v) is 4.05. The third-order valence-electron chi connectivity index (χ3n) is 3.64. The van der Waals surface area contributed by atoms with Crippen LogP contribution in [0, 0.1) is 6.92 Å². The van der Waals surface area contributed by atoms with Crippen LogP contribution in [0.3, 0.4) is 0 Å². The van der Waals surface area contributed by atoms with Crippen molar-refractivity contribution in [3.05, 3.63) is 73.8 Å². The van der Waals surface area contributed by atoms with Gasteiger partial charge in [-0.1, -0.05) is 29.8 Å². The van der Waals surface area contributed by atoms with Gasteiger partial charge >= 0.3 is 11.1 Å². The number of aryl methyl sites for hydroxylation is 1. The average Bonchev–Trinajstić information content (AvgIpc) is 2.55. The number of aromatic nitrogens is 2. The maximum absolute atomic E-state index is 12.3. The van der Waals surface area contributed by atoms with Crippen molar-refractivity contribution in [1.29, 1.82) is 0 Å². The minimum absolute atomic E-state index is 0.269. The summed E-state index contributed by atoms with van der Waals surface area (Å²) in [5.74, 6) is -0.423. The largest absolute Gasteiger partial charge is 0.324 e. The zero-order valence-corrected chi connectivity index (χ0v) is 13.6. The van der Waals surface area contributed by atoms with Crippen molar-refractivity contribution < 1.29 is 4.79 Å². The van der Waals surface area contributed by atoms with E-state index in [0.717, 1.165) is 10.1 Å². The van der Waals surface area contributed by atoms with Gasteiger partial charge in [0.2, 0.25) is 5.91 Å². The Morgan fingerprint density at radius 3 is 2.71 bits per heavy atom. The summed E-state index contributed by atoms with van der Waals surface area (Å²) < 4.78 is 1.15. The number of fused-ring (bicyclic) bond motifs is 1. The average molecular weight is 344 g/mol. The number of nitrogens with one attached hydrogen (secondary N) is 2. The van der Waals surface area contributed by atoms with Gasteiger partial charge in [-0.05, 0) is 36.8 Å². The first-order chi connectivity index (χ1) is 11.5. The maximum Gasteiger partial charge on any atom is 0.317 e. The number of H-pyrrole nitrogens is 1. The molecule has 0 atom stereocenters. The second-order valence-corrected chi connectivity index (χ2v) is 5.78. The molecule has 0 spiro atoms. The molecule has 0 bridgehead atoms. The SMILES string of the molecule is Cc1ccc(NC(=O)Cn2c(=O)c(=O)[nH]c3ccccc32)cc1Cl. The molecule has 0 aliphatic carbocycles. The molecule has 0 aliphatic rings. The minimum atomic E-state index is -0.772. The van der Waals surface area contributed by atoms with E-state index in [4.69, 9.17) is 11.6 Å². The van der Waals surface area contributed by atoms with E-state index in [1.54, 1.807) is 42.5 Å². The fourth-order valence-electron chi connectivity index (χ4n) is 2.39. The van der Waals surface area contributed by atoms with Crippen LogP contribution in [-0.4, -0.2) is 15.5 Å². The molecule has 6 nitrogen and oxygen atoms in total. The van der Waals surface area contributed by atoms with E-state index in [2.05, 4.69) is 10.3 Å². The molecule has 2 N–H and O–H groups in total. The van der Waals surface area contributed by atoms with Crippen molar-refractivity contribution in [3.8, 4) is 0 Å². The predicted molar refractivity (Wildman–Crippen MR) is 93.6 cm³/mol. The van der Waals surface area contributed by atoms with Crippen molar-refractivity contribution in [2.24, 2.45) is 0 Å². The number of hydrogen-bond acceptors (Lipinski definition) is 3. The number of nitrogens with zero attached hydrogens (tertiary/aromatic N) is 1. The van der Waals surface area contributed by atoms with Crippen LogP contribution in [0.5, 0.6) is 0 Å². The summed E-state index contributed by atoms with van der Waals surface area (Å²) in [6, 6.07) is 11.9. The molecule has 3 rings (SSSR count). The zero-order chi connectivity index (χ0) is 17.3. The quantitative estimate of drug-likeness (QED) is 0.716. The zero-order valence-electron chi connectivity index (χ0n) is 12.8. The van der Waals surface area contributed by atoms with Gasteiger partial charge in [-0.15, -0.1) is 0 Å². The van der Waals surface area contributed by atoms with E-state index in [0.29, 0.717) is 21.7 Å². The van der Waals surface area contributed by atoms with E-state index >= 15 is 0 Å². The molecule has 2 aromatic carbocycles. The van der Waals surface area contributed by atoms with Gasteiger partial charge in [0.15, 0.2) is 0 Å². The van der Waals surface area contributed by atoms with E-state index in [1.165, 1.54) is 0 Å². The first-order valence-corrected chi connectivity index (χ1v) is 7.61. The van der Waals surface area contributed by atoms with Gasteiger partial charge in [0.25, 0.3) is 0 Å². The second kappa shape index (κ2) is 6.33. The molecular weight excluding hydrogens is 330 g/mol. The van der Waals surface area contributed by atoms with Gasteiger partial charge in [0.1, 0.15) is 6.54 Å². The van der Waals surface area contributed by atoms with Crippen LogP contribution in [0.15, 0.2) is 52.1 Å². The maximum atomic E-state index is 12.3. The molecule has 122 valence electrons. The Balaban J connectivity index is 1.93. The van der Waals surface area contributed by atoms with Gasteiger partial charge < -0.3 is 10.3 Å². The highest BCUT2D eigenvalue weighted by Crippen LogP contribution is 2.20. The van der Waals surface area contributed by atoms with E-state index < -0.39 is 17.0 Å². The number of benzene rings is 2. The molecule has 1 aromatic heterocycles. The molecule has 0 unspecified atom stereocenters. The molecule has 0 fully saturated rings. The lowest BCUT2D eigenvalue weighted by atomic mass is 10.2. The number of amides is 1. The lowest BCUT2D eigenvalue weighted by molar-refractivity contribution is -0.116. The van der Waals surface area contributed by atoms with Gasteiger partial charge in [-0.25, -0.2) is 0 Å². The van der Waals surface area contributed by atoms with Crippen molar-refractivity contribution in [3.63, 3.8) is 0 Å². The first-order valence-electron chi connectivity index (χ1n) is 7.23. The predicted octanol–water partition coefficient (Wildman–Crippen LogP) is 2.29. The van der Waals surface area contributed by atoms with Gasteiger partial charge in [0, 0.05) is 10.7 Å². The number of anilines is 1. The van der Waals surface area contributed by atoms with Crippen molar-refractivity contribution in [2.45, 2.75) is 13.5 Å². The van der Waals surface area contributed by atoms with Crippen LogP contribution in [0.25, 0.3) is 11.0 Å². The summed E-state index contributed by atoms with van der Waals surface area (Å²) in [4.78, 5) is 38.6. The minimum Gasteiger partial charge on any atom is -0.324 e. The highest BCUT2D eigenvalue weighted by molar-refractivity contribution is 6.31. The normalized spacial score (nSPS) is 10.8. The van der Waals surface area contributed by atoms with Crippen LogP contribution in [-0.2, 0) is 11.3 Å². The number of hydrogen-bond donors (Lipinski definition) is 2. The van der Waals surface area contributed by atoms with E-state index in [9.17, 15) is 14.4 Å². The van der Waals surface area contributed by atoms with E-state index in [-0.39, 0.29) is 6.54 Å².